The molecule has 8 heteroatoms. The molecule has 3 N–H and O–H groups in total. The van der Waals surface area contributed by atoms with E-state index in [-0.39, 0.29) is 42.9 Å². The lowest BCUT2D eigenvalue weighted by Gasteiger charge is -2.11. The predicted molar refractivity (Wildman–Crippen MR) is 92.2 cm³/mol. The molecule has 0 spiro atoms. The number of halogens is 2. The zero-order valence-corrected chi connectivity index (χ0v) is 14.5. The molecule has 1 aromatic heterocycles. The second-order valence-electron chi connectivity index (χ2n) is 4.86. The lowest BCUT2D eigenvalue weighted by atomic mass is 10.2. The van der Waals surface area contributed by atoms with Crippen LogP contribution in [0.1, 0.15) is 13.3 Å². The molecule has 6 nitrogen and oxygen atoms in total. The summed E-state index contributed by atoms with van der Waals surface area (Å²) in [6.07, 6.45) is 1.68. The average molecular weight is 390 g/mol. The minimum absolute atomic E-state index is 0. The van der Waals surface area contributed by atoms with Crippen LogP contribution in [0.5, 0.6) is 0 Å². The molecule has 0 radical (unpaired) electrons. The smallest absolute Gasteiger partial charge is 0.261 e. The van der Waals surface area contributed by atoms with E-state index in [9.17, 15) is 9.59 Å². The van der Waals surface area contributed by atoms with Gasteiger partial charge in [-0.15, -0.1) is 12.4 Å². The third kappa shape index (κ3) is 4.53. The molecule has 120 valence electrons. The lowest BCUT2D eigenvalue weighted by molar-refractivity contribution is -0.121. The summed E-state index contributed by atoms with van der Waals surface area (Å²) in [5.41, 5.74) is 5.93. The molecule has 2 aromatic rings. The Bertz CT molecular complexity index is 720. The Labute approximate surface area is 142 Å². The number of benzene rings is 1. The minimum Gasteiger partial charge on any atom is -0.352 e. The van der Waals surface area contributed by atoms with E-state index in [4.69, 9.17) is 5.73 Å². The van der Waals surface area contributed by atoms with Crippen LogP contribution in [0.15, 0.2) is 33.8 Å². The summed E-state index contributed by atoms with van der Waals surface area (Å²) in [5.74, 6) is -0.130. The van der Waals surface area contributed by atoms with Crippen molar-refractivity contribution < 1.29 is 4.79 Å². The second kappa shape index (κ2) is 8.26. The predicted octanol–water partition coefficient (Wildman–Crippen LogP) is 1.43. The van der Waals surface area contributed by atoms with E-state index in [0.29, 0.717) is 17.4 Å². The van der Waals surface area contributed by atoms with Crippen LogP contribution in [0.2, 0.25) is 0 Å². The molecule has 0 saturated carbocycles. The number of nitrogens with zero attached hydrogens (tertiary/aromatic N) is 2. The highest BCUT2D eigenvalue weighted by Crippen LogP contribution is 2.14. The Hall–Kier alpha value is -1.44. The van der Waals surface area contributed by atoms with E-state index in [2.05, 4.69) is 26.2 Å². The fraction of sp³-hybridized carbons (Fsp3) is 0.357. The van der Waals surface area contributed by atoms with Gasteiger partial charge in [0.05, 0.1) is 17.2 Å². The molecule has 0 bridgehead atoms. The van der Waals surface area contributed by atoms with Gasteiger partial charge in [-0.3, -0.25) is 14.2 Å². The van der Waals surface area contributed by atoms with Crippen molar-refractivity contribution in [3.8, 4) is 0 Å². The third-order valence-electron chi connectivity index (χ3n) is 3.13. The van der Waals surface area contributed by atoms with E-state index in [0.717, 1.165) is 4.47 Å². The SMILES string of the molecule is C[C@@H](CN)NC(=O)CCn1cnc2ccc(Br)cc2c1=O.Cl. The first-order chi connectivity index (χ1) is 10.0. The molecule has 2 rings (SSSR count). The van der Waals surface area contributed by atoms with Crippen LogP contribution in [0.3, 0.4) is 0 Å². The summed E-state index contributed by atoms with van der Waals surface area (Å²) in [5, 5.41) is 3.29. The third-order valence-corrected chi connectivity index (χ3v) is 3.62. The van der Waals surface area contributed by atoms with E-state index >= 15 is 0 Å². The molecule has 0 fully saturated rings. The van der Waals surface area contributed by atoms with Crippen LogP contribution in [0.25, 0.3) is 10.9 Å². The highest BCUT2D eigenvalue weighted by atomic mass is 79.9. The maximum absolute atomic E-state index is 12.3. The quantitative estimate of drug-likeness (QED) is 0.809. The molecule has 1 aromatic carbocycles. The molecule has 0 aliphatic rings. The largest absolute Gasteiger partial charge is 0.352 e. The molecule has 1 heterocycles. The molecule has 1 amide bonds. The van der Waals surface area contributed by atoms with Crippen molar-refractivity contribution >= 4 is 45.1 Å². The molecular formula is C14H18BrClN4O2. The number of aryl methyl sites for hydroxylation is 1. The van der Waals surface area contributed by atoms with Crippen LogP contribution < -0.4 is 16.6 Å². The molecule has 0 unspecified atom stereocenters. The first-order valence-electron chi connectivity index (χ1n) is 6.65. The number of carbonyl (C=O) groups is 1. The fourth-order valence-electron chi connectivity index (χ4n) is 1.92. The van der Waals surface area contributed by atoms with E-state index in [1.807, 2.05) is 13.0 Å². The van der Waals surface area contributed by atoms with Gasteiger partial charge in [0.15, 0.2) is 0 Å². The van der Waals surface area contributed by atoms with Crippen molar-refractivity contribution in [1.82, 2.24) is 14.9 Å². The lowest BCUT2D eigenvalue weighted by Crippen LogP contribution is -2.38. The maximum atomic E-state index is 12.3. The van der Waals surface area contributed by atoms with Crippen LogP contribution in [-0.4, -0.2) is 28.0 Å². The van der Waals surface area contributed by atoms with Gasteiger partial charge in [0.25, 0.3) is 5.56 Å². The van der Waals surface area contributed by atoms with Gasteiger partial charge in [0.1, 0.15) is 0 Å². The zero-order valence-electron chi connectivity index (χ0n) is 12.1. The van der Waals surface area contributed by atoms with Crippen molar-refractivity contribution in [2.45, 2.75) is 25.9 Å². The Morgan fingerprint density at radius 2 is 2.23 bits per heavy atom. The number of rotatable bonds is 5. The summed E-state index contributed by atoms with van der Waals surface area (Å²) < 4.78 is 2.27. The second-order valence-corrected chi connectivity index (χ2v) is 5.77. The van der Waals surface area contributed by atoms with Crippen LogP contribution >= 0.6 is 28.3 Å². The molecule has 0 aliphatic heterocycles. The van der Waals surface area contributed by atoms with Gasteiger partial charge in [-0.1, -0.05) is 15.9 Å². The fourth-order valence-corrected chi connectivity index (χ4v) is 2.28. The van der Waals surface area contributed by atoms with Gasteiger partial charge in [-0.2, -0.15) is 0 Å². The van der Waals surface area contributed by atoms with Crippen molar-refractivity contribution in [3.05, 3.63) is 39.4 Å². The summed E-state index contributed by atoms with van der Waals surface area (Å²) in [4.78, 5) is 28.3. The van der Waals surface area contributed by atoms with Gasteiger partial charge < -0.3 is 11.1 Å². The highest BCUT2D eigenvalue weighted by molar-refractivity contribution is 9.10. The maximum Gasteiger partial charge on any atom is 0.261 e. The van der Waals surface area contributed by atoms with Crippen molar-refractivity contribution in [2.24, 2.45) is 5.73 Å². The minimum atomic E-state index is -0.152. The average Bonchev–Trinajstić information content (AvgIpc) is 2.47. The van der Waals surface area contributed by atoms with Crippen LogP contribution in [-0.2, 0) is 11.3 Å². The monoisotopic (exact) mass is 388 g/mol. The van der Waals surface area contributed by atoms with Gasteiger partial charge in [0, 0.05) is 30.0 Å². The number of carbonyl (C=O) groups excluding carboxylic acids is 1. The number of fused-ring (bicyclic) bond motifs is 1. The van der Waals surface area contributed by atoms with E-state index in [1.165, 1.54) is 10.9 Å². The molecular weight excluding hydrogens is 372 g/mol. The van der Waals surface area contributed by atoms with Crippen molar-refractivity contribution in [2.75, 3.05) is 6.54 Å². The normalized spacial score (nSPS) is 11.8. The number of hydrogen-bond donors (Lipinski definition) is 2. The number of aromatic nitrogens is 2. The standard InChI is InChI=1S/C14H17BrN4O2.ClH/c1-9(7-16)18-13(20)4-5-19-8-17-12-3-2-10(15)6-11(12)14(19)21;/h2-3,6,8-9H,4-5,7,16H2,1H3,(H,18,20);1H/t9-;/m0./s1. The first-order valence-corrected chi connectivity index (χ1v) is 7.44. The topological polar surface area (TPSA) is 90.0 Å². The summed E-state index contributed by atoms with van der Waals surface area (Å²) >= 11 is 3.34. The van der Waals surface area contributed by atoms with Crippen LogP contribution in [0.4, 0.5) is 0 Å². The summed E-state index contributed by atoms with van der Waals surface area (Å²) in [6.45, 7) is 2.51. The highest BCUT2D eigenvalue weighted by Gasteiger charge is 2.08. The Morgan fingerprint density at radius 1 is 1.50 bits per heavy atom. The van der Waals surface area contributed by atoms with Gasteiger partial charge in [-0.05, 0) is 25.1 Å². The number of amides is 1. The Kier molecular flexibility index (Phi) is 6.99. The summed E-state index contributed by atoms with van der Waals surface area (Å²) in [7, 11) is 0. The molecule has 22 heavy (non-hydrogen) atoms. The molecule has 0 saturated heterocycles. The molecule has 0 aliphatic carbocycles. The zero-order chi connectivity index (χ0) is 15.4. The Morgan fingerprint density at radius 3 is 2.91 bits per heavy atom. The van der Waals surface area contributed by atoms with Gasteiger partial charge in [-0.25, -0.2) is 4.98 Å². The van der Waals surface area contributed by atoms with Gasteiger partial charge in [0.2, 0.25) is 5.91 Å². The number of hydrogen-bond acceptors (Lipinski definition) is 4. The Balaban J connectivity index is 0.00000242. The van der Waals surface area contributed by atoms with Crippen LogP contribution in [0, 0.1) is 0 Å². The van der Waals surface area contributed by atoms with Gasteiger partial charge >= 0.3 is 0 Å². The number of nitrogens with two attached hydrogens (primary N) is 1. The summed E-state index contributed by atoms with van der Waals surface area (Å²) in [6, 6.07) is 5.28. The number of nitrogens with one attached hydrogen (secondary N) is 1. The van der Waals surface area contributed by atoms with Crippen molar-refractivity contribution in [3.63, 3.8) is 0 Å². The molecule has 1 atom stereocenters. The van der Waals surface area contributed by atoms with Crippen molar-refractivity contribution in [1.29, 1.82) is 0 Å². The van der Waals surface area contributed by atoms with E-state index < -0.39 is 0 Å². The first kappa shape index (κ1) is 18.6. The van der Waals surface area contributed by atoms with E-state index in [1.54, 1.807) is 12.1 Å².